The molecule has 0 unspecified atom stereocenters. The van der Waals surface area contributed by atoms with E-state index in [1.165, 1.54) is 57.8 Å². The number of fused-ring (bicyclic) bond motifs is 5. The second-order valence-corrected chi connectivity index (χ2v) is 16.2. The first kappa shape index (κ1) is 32.3. The molecule has 4 aliphatic carbocycles. The normalized spacial score (nSPS) is 36.4. The molecule has 0 aliphatic heterocycles. The van der Waals surface area contributed by atoms with Crippen LogP contribution in [0.2, 0.25) is 0 Å². The van der Waals surface area contributed by atoms with Gasteiger partial charge in [0.1, 0.15) is 12.2 Å². The van der Waals surface area contributed by atoms with Crippen LogP contribution in [-0.2, 0) is 9.47 Å². The van der Waals surface area contributed by atoms with Gasteiger partial charge in [-0.3, -0.25) is 0 Å². The Hall–Kier alpha value is -2.62. The highest BCUT2D eigenvalue weighted by Crippen LogP contribution is 2.68. The molecule has 0 aromatic heterocycles. The van der Waals surface area contributed by atoms with Crippen molar-refractivity contribution in [3.8, 4) is 0 Å². The van der Waals surface area contributed by atoms with Crippen LogP contribution >= 0.6 is 0 Å². The molecular weight excluding hydrogens is 556 g/mol. The van der Waals surface area contributed by atoms with Gasteiger partial charge >= 0.3 is 11.9 Å². The average Bonchev–Trinajstić information content (AvgIpc) is 3.39. The van der Waals surface area contributed by atoms with Crippen LogP contribution in [0.3, 0.4) is 0 Å². The largest absolute Gasteiger partial charge is 0.455 e. The molecule has 2 aromatic carbocycles. The van der Waals surface area contributed by atoms with E-state index < -0.39 is 12.2 Å². The Kier molecular flexibility index (Phi) is 9.51. The second kappa shape index (κ2) is 13.2. The molecule has 6 rings (SSSR count). The van der Waals surface area contributed by atoms with Crippen molar-refractivity contribution in [2.45, 2.75) is 117 Å². The summed E-state index contributed by atoms with van der Waals surface area (Å²) in [7, 11) is 0. The van der Waals surface area contributed by atoms with Gasteiger partial charge in [0.05, 0.1) is 11.1 Å². The van der Waals surface area contributed by atoms with Crippen molar-refractivity contribution in [1.29, 1.82) is 0 Å². The lowest BCUT2D eigenvalue weighted by Gasteiger charge is -2.62. The lowest BCUT2D eigenvalue weighted by Crippen LogP contribution is -2.58. The summed E-state index contributed by atoms with van der Waals surface area (Å²) in [6, 6.07) is 18.5. The van der Waals surface area contributed by atoms with Crippen molar-refractivity contribution in [3.63, 3.8) is 0 Å². The Morgan fingerprint density at radius 3 is 1.96 bits per heavy atom. The van der Waals surface area contributed by atoms with Crippen LogP contribution in [0.5, 0.6) is 0 Å². The molecule has 4 aliphatic rings. The highest BCUT2D eigenvalue weighted by atomic mass is 16.6. The van der Waals surface area contributed by atoms with Gasteiger partial charge in [-0.25, -0.2) is 9.59 Å². The van der Waals surface area contributed by atoms with E-state index in [4.69, 9.17) is 9.47 Å². The van der Waals surface area contributed by atoms with Gasteiger partial charge in [-0.1, -0.05) is 90.3 Å². The van der Waals surface area contributed by atoms with Gasteiger partial charge in [0.2, 0.25) is 0 Å². The Morgan fingerprint density at radius 1 is 0.733 bits per heavy atom. The number of carbonyl (C=O) groups is 2. The van der Waals surface area contributed by atoms with Gasteiger partial charge in [-0.05, 0) is 128 Å². The highest BCUT2D eigenvalue weighted by molar-refractivity contribution is 5.90. The van der Waals surface area contributed by atoms with Crippen molar-refractivity contribution in [2.75, 3.05) is 0 Å². The maximum absolute atomic E-state index is 13.4. The predicted molar refractivity (Wildman–Crippen MR) is 180 cm³/mol. The Morgan fingerprint density at radius 2 is 1.33 bits per heavy atom. The summed E-state index contributed by atoms with van der Waals surface area (Å²) in [5, 5.41) is 0. The van der Waals surface area contributed by atoms with E-state index in [9.17, 15) is 9.59 Å². The summed E-state index contributed by atoms with van der Waals surface area (Å²) in [5.74, 6) is 4.43. The van der Waals surface area contributed by atoms with Crippen LogP contribution < -0.4 is 0 Å². The molecule has 4 heteroatoms. The minimum Gasteiger partial charge on any atom is -0.455 e. The zero-order valence-corrected chi connectivity index (χ0v) is 28.4. The maximum Gasteiger partial charge on any atom is 0.338 e. The number of esters is 2. The standard InChI is InChI=1S/C41H56O4/c1-27(2)13-12-14-28(3)33-21-22-34-32-20-19-31-25-36(44-38(42)29-15-8-6-9-16-29)37(45-39(43)30-17-10-7-11-18-30)26-41(31,5)35(32)23-24-40(33,34)4/h6-11,15-18,27-28,31-37H,12-14,19-26H2,1-5H3/t28-,31+,32+,33-,34+,35+,36-,37+,40-,41+/m1/s1. The van der Waals surface area contributed by atoms with Crippen LogP contribution in [0, 0.1) is 52.3 Å². The van der Waals surface area contributed by atoms with Crippen molar-refractivity contribution < 1.29 is 19.1 Å². The molecule has 0 radical (unpaired) electrons. The molecule has 0 amide bonds. The summed E-state index contributed by atoms with van der Waals surface area (Å²) < 4.78 is 12.5. The quantitative estimate of drug-likeness (QED) is 0.264. The van der Waals surface area contributed by atoms with Gasteiger partial charge in [-0.15, -0.1) is 0 Å². The fraction of sp³-hybridized carbons (Fsp3) is 0.659. The fourth-order valence-corrected chi connectivity index (χ4v) is 11.1. The molecule has 0 heterocycles. The smallest absolute Gasteiger partial charge is 0.338 e. The SMILES string of the molecule is CC(C)CCC[C@@H](C)[C@H]1CC[C@H]2[C@@H]3CC[C@H]4C[C@@H](OC(=O)c5ccccc5)[C@@H](OC(=O)c5ccccc5)C[C@]4(C)[C@H]3CC[C@]12C. The number of ether oxygens (including phenoxy) is 2. The number of carbonyl (C=O) groups excluding carboxylic acids is 2. The monoisotopic (exact) mass is 612 g/mol. The van der Waals surface area contributed by atoms with Crippen LogP contribution in [0.25, 0.3) is 0 Å². The third kappa shape index (κ3) is 6.37. The highest BCUT2D eigenvalue weighted by Gasteiger charge is 2.62. The van der Waals surface area contributed by atoms with Crippen LogP contribution in [0.15, 0.2) is 60.7 Å². The lowest BCUT2D eigenvalue weighted by molar-refractivity contribution is -0.163. The average molecular weight is 613 g/mol. The van der Waals surface area contributed by atoms with Crippen molar-refractivity contribution >= 4 is 11.9 Å². The molecule has 2 aromatic rings. The third-order valence-corrected chi connectivity index (χ3v) is 13.4. The number of rotatable bonds is 9. The minimum absolute atomic E-state index is 0.0719. The summed E-state index contributed by atoms with van der Waals surface area (Å²) in [6.07, 6.45) is 12.6. The maximum atomic E-state index is 13.4. The van der Waals surface area contributed by atoms with E-state index in [0.717, 1.165) is 42.4 Å². The van der Waals surface area contributed by atoms with E-state index in [-0.39, 0.29) is 17.4 Å². The topological polar surface area (TPSA) is 52.6 Å². The van der Waals surface area contributed by atoms with Crippen LogP contribution in [0.1, 0.15) is 126 Å². The summed E-state index contributed by atoms with van der Waals surface area (Å²) >= 11 is 0. The Labute approximate surface area is 272 Å². The first-order valence-electron chi connectivity index (χ1n) is 18.1. The second-order valence-electron chi connectivity index (χ2n) is 16.2. The molecule has 45 heavy (non-hydrogen) atoms. The fourth-order valence-electron chi connectivity index (χ4n) is 11.1. The number of hydrogen-bond acceptors (Lipinski definition) is 4. The lowest BCUT2D eigenvalue weighted by atomic mass is 9.44. The molecule has 0 saturated heterocycles. The molecule has 4 nitrogen and oxygen atoms in total. The van der Waals surface area contributed by atoms with Gasteiger partial charge in [0.15, 0.2) is 0 Å². The van der Waals surface area contributed by atoms with Gasteiger partial charge in [0.25, 0.3) is 0 Å². The Balaban J connectivity index is 1.21. The predicted octanol–water partition coefficient (Wildman–Crippen LogP) is 10.2. The van der Waals surface area contributed by atoms with Crippen molar-refractivity contribution in [3.05, 3.63) is 71.8 Å². The molecule has 4 fully saturated rings. The van der Waals surface area contributed by atoms with Gasteiger partial charge < -0.3 is 9.47 Å². The van der Waals surface area contributed by atoms with E-state index in [2.05, 4.69) is 34.6 Å². The van der Waals surface area contributed by atoms with Gasteiger partial charge in [-0.2, -0.15) is 0 Å². The van der Waals surface area contributed by atoms with E-state index in [1.54, 1.807) is 24.3 Å². The van der Waals surface area contributed by atoms with Crippen molar-refractivity contribution in [2.24, 2.45) is 52.3 Å². The van der Waals surface area contributed by atoms with Crippen molar-refractivity contribution in [1.82, 2.24) is 0 Å². The summed E-state index contributed by atoms with van der Waals surface area (Å²) in [6.45, 7) is 12.4. The molecule has 10 atom stereocenters. The van der Waals surface area contributed by atoms with E-state index in [1.807, 2.05) is 36.4 Å². The zero-order chi connectivity index (χ0) is 31.8. The molecule has 244 valence electrons. The molecule has 4 saturated carbocycles. The molecular formula is C41H56O4. The number of benzene rings is 2. The Bertz CT molecular complexity index is 1310. The van der Waals surface area contributed by atoms with Crippen LogP contribution in [-0.4, -0.2) is 24.1 Å². The van der Waals surface area contributed by atoms with E-state index in [0.29, 0.717) is 28.4 Å². The zero-order valence-electron chi connectivity index (χ0n) is 28.4. The first-order chi connectivity index (χ1) is 21.6. The first-order valence-corrected chi connectivity index (χ1v) is 18.1. The summed E-state index contributed by atoms with van der Waals surface area (Å²) in [5.41, 5.74) is 1.61. The molecule has 0 spiro atoms. The number of hydrogen-bond donors (Lipinski definition) is 0. The minimum atomic E-state index is -0.448. The van der Waals surface area contributed by atoms with Crippen LogP contribution in [0.4, 0.5) is 0 Å². The molecule has 0 bridgehead atoms. The summed E-state index contributed by atoms with van der Waals surface area (Å²) in [4.78, 5) is 26.7. The van der Waals surface area contributed by atoms with E-state index >= 15 is 0 Å². The third-order valence-electron chi connectivity index (χ3n) is 13.4. The van der Waals surface area contributed by atoms with Gasteiger partial charge in [0, 0.05) is 0 Å². The molecule has 0 N–H and O–H groups in total.